The zero-order valence-corrected chi connectivity index (χ0v) is 4.91. The van der Waals surface area contributed by atoms with Gasteiger partial charge in [-0.15, -0.1) is 11.8 Å². The summed E-state index contributed by atoms with van der Waals surface area (Å²) < 4.78 is 5.34. The van der Waals surface area contributed by atoms with Crippen LogP contribution in [0.2, 0.25) is 0 Å². The van der Waals surface area contributed by atoms with Crippen LogP contribution in [-0.2, 0) is 4.74 Å². The van der Waals surface area contributed by atoms with Gasteiger partial charge in [0, 0.05) is 6.42 Å². The minimum atomic E-state index is 0.596. The van der Waals surface area contributed by atoms with Gasteiger partial charge in [0.05, 0.1) is 6.10 Å². The van der Waals surface area contributed by atoms with E-state index in [1.54, 1.807) is 0 Å². The van der Waals surface area contributed by atoms with E-state index >= 15 is 0 Å². The molecule has 2 heteroatoms. The Hall–Kier alpha value is 0.310. The average molecular weight is 116 g/mol. The van der Waals surface area contributed by atoms with Crippen LogP contribution in [0.1, 0.15) is 12.8 Å². The van der Waals surface area contributed by atoms with Crippen molar-refractivity contribution in [3.63, 3.8) is 0 Å². The van der Waals surface area contributed by atoms with Gasteiger partial charge in [-0.3, -0.25) is 0 Å². The number of thioether (sulfide) groups is 1. The Balaban J connectivity index is 1.99. The van der Waals surface area contributed by atoms with E-state index in [4.69, 9.17) is 4.74 Å². The summed E-state index contributed by atoms with van der Waals surface area (Å²) in [6.45, 7) is 0. The van der Waals surface area contributed by atoms with Crippen molar-refractivity contribution in [2.75, 3.05) is 5.75 Å². The van der Waals surface area contributed by atoms with Gasteiger partial charge in [-0.2, -0.15) is 0 Å². The monoisotopic (exact) mass is 116 g/mol. The number of rotatable bonds is 0. The van der Waals surface area contributed by atoms with Gasteiger partial charge in [-0.25, -0.2) is 0 Å². The third-order valence-electron chi connectivity index (χ3n) is 1.54. The van der Waals surface area contributed by atoms with Gasteiger partial charge < -0.3 is 4.74 Å². The molecule has 3 saturated heterocycles. The van der Waals surface area contributed by atoms with Crippen molar-refractivity contribution in [2.45, 2.75) is 24.4 Å². The zero-order valence-electron chi connectivity index (χ0n) is 4.09. The van der Waals surface area contributed by atoms with Crippen LogP contribution in [0.3, 0.4) is 0 Å². The summed E-state index contributed by atoms with van der Waals surface area (Å²) in [4.78, 5) is 0. The summed E-state index contributed by atoms with van der Waals surface area (Å²) >= 11 is 1.96. The van der Waals surface area contributed by atoms with Crippen LogP contribution >= 0.6 is 11.8 Å². The molecule has 0 aliphatic carbocycles. The molecule has 3 fully saturated rings. The third kappa shape index (κ3) is 0.572. The van der Waals surface area contributed by atoms with E-state index in [0.717, 1.165) is 0 Å². The summed E-state index contributed by atoms with van der Waals surface area (Å²) in [7, 11) is 0. The van der Waals surface area contributed by atoms with E-state index in [9.17, 15) is 0 Å². The first-order valence-corrected chi connectivity index (χ1v) is 3.77. The van der Waals surface area contributed by atoms with Gasteiger partial charge in [0.25, 0.3) is 0 Å². The molecular weight excluding hydrogens is 108 g/mol. The van der Waals surface area contributed by atoms with Gasteiger partial charge >= 0.3 is 0 Å². The van der Waals surface area contributed by atoms with E-state index in [0.29, 0.717) is 11.5 Å². The van der Waals surface area contributed by atoms with Crippen LogP contribution in [0.15, 0.2) is 0 Å². The molecule has 3 aliphatic heterocycles. The fraction of sp³-hybridized carbons (Fsp3) is 1.00. The number of ether oxygens (including phenoxy) is 1. The lowest BCUT2D eigenvalue weighted by Gasteiger charge is -2.40. The molecule has 0 spiro atoms. The van der Waals surface area contributed by atoms with Crippen molar-refractivity contribution in [3.05, 3.63) is 0 Å². The molecule has 1 nitrogen and oxygen atoms in total. The van der Waals surface area contributed by atoms with Crippen molar-refractivity contribution >= 4 is 11.8 Å². The van der Waals surface area contributed by atoms with E-state index in [1.165, 1.54) is 18.6 Å². The molecule has 7 heavy (non-hydrogen) atoms. The normalized spacial score (nSPS) is 48.0. The quantitative estimate of drug-likeness (QED) is 0.471. The average Bonchev–Trinajstić information content (AvgIpc) is 1.67. The van der Waals surface area contributed by atoms with Gasteiger partial charge in [-0.1, -0.05) is 0 Å². The van der Waals surface area contributed by atoms with Crippen molar-refractivity contribution < 1.29 is 4.74 Å². The molecular formula is C5H8OS. The number of hydrogen-bond donors (Lipinski definition) is 0. The summed E-state index contributed by atoms with van der Waals surface area (Å²) in [5.41, 5.74) is 0.596. The molecule has 40 valence electrons. The molecule has 0 saturated carbocycles. The Morgan fingerprint density at radius 2 is 2.43 bits per heavy atom. The fourth-order valence-electron chi connectivity index (χ4n) is 1.04. The van der Waals surface area contributed by atoms with Gasteiger partial charge in [0.1, 0.15) is 5.44 Å². The van der Waals surface area contributed by atoms with Crippen LogP contribution in [0.5, 0.6) is 0 Å². The molecule has 0 N–H and O–H groups in total. The maximum Gasteiger partial charge on any atom is 0.106 e. The Morgan fingerprint density at radius 1 is 1.57 bits per heavy atom. The Bertz CT molecular complexity index is 64.6. The second-order valence-corrected chi connectivity index (χ2v) is 3.35. The molecule has 2 unspecified atom stereocenters. The highest BCUT2D eigenvalue weighted by Crippen LogP contribution is 2.38. The first kappa shape index (κ1) is 4.21. The first-order valence-electron chi connectivity index (χ1n) is 2.72. The van der Waals surface area contributed by atoms with Gasteiger partial charge in [0.2, 0.25) is 0 Å². The van der Waals surface area contributed by atoms with Crippen molar-refractivity contribution in [3.8, 4) is 0 Å². The topological polar surface area (TPSA) is 9.23 Å². The molecule has 0 amide bonds. The van der Waals surface area contributed by atoms with E-state index in [-0.39, 0.29) is 0 Å². The summed E-state index contributed by atoms with van der Waals surface area (Å²) in [6.07, 6.45) is 3.28. The summed E-state index contributed by atoms with van der Waals surface area (Å²) in [6, 6.07) is 0. The minimum Gasteiger partial charge on any atom is -0.364 e. The van der Waals surface area contributed by atoms with E-state index < -0.39 is 0 Å². The Labute approximate surface area is 47.4 Å². The number of fused-ring (bicyclic) bond motifs is 2. The Kier molecular flexibility index (Phi) is 0.837. The minimum absolute atomic E-state index is 0.596. The fourth-order valence-corrected chi connectivity index (χ4v) is 2.29. The standard InChI is InChI=1S/C5H8OS/c1-2-7-5-3-4(1)6-5/h4-5H,1-3H2. The highest BCUT2D eigenvalue weighted by Gasteiger charge is 2.34. The highest BCUT2D eigenvalue weighted by atomic mass is 32.2. The lowest BCUT2D eigenvalue weighted by Crippen LogP contribution is -2.39. The Morgan fingerprint density at radius 3 is 2.57 bits per heavy atom. The summed E-state index contributed by atoms with van der Waals surface area (Å²) in [5.74, 6) is 1.33. The molecule has 3 aliphatic rings. The largest absolute Gasteiger partial charge is 0.364 e. The second-order valence-electron chi connectivity index (χ2n) is 2.08. The zero-order chi connectivity index (χ0) is 4.69. The summed E-state index contributed by atoms with van der Waals surface area (Å²) in [5, 5.41) is 0. The smallest absolute Gasteiger partial charge is 0.106 e. The van der Waals surface area contributed by atoms with Gasteiger partial charge in [-0.05, 0) is 12.2 Å². The van der Waals surface area contributed by atoms with E-state index in [2.05, 4.69) is 0 Å². The second kappa shape index (κ2) is 1.39. The van der Waals surface area contributed by atoms with Crippen molar-refractivity contribution in [1.82, 2.24) is 0 Å². The van der Waals surface area contributed by atoms with E-state index in [1.807, 2.05) is 11.8 Å². The first-order chi connectivity index (χ1) is 3.45. The molecule has 0 aromatic heterocycles. The van der Waals surface area contributed by atoms with Crippen LogP contribution < -0.4 is 0 Å². The third-order valence-corrected chi connectivity index (χ3v) is 2.69. The molecule has 3 heterocycles. The molecule has 2 atom stereocenters. The molecule has 0 radical (unpaired) electrons. The van der Waals surface area contributed by atoms with Crippen molar-refractivity contribution in [2.24, 2.45) is 0 Å². The predicted octanol–water partition coefficient (Wildman–Crippen LogP) is 1.24. The van der Waals surface area contributed by atoms with Gasteiger partial charge in [0.15, 0.2) is 0 Å². The molecule has 0 aromatic rings. The van der Waals surface area contributed by atoms with Crippen LogP contribution in [0.25, 0.3) is 0 Å². The van der Waals surface area contributed by atoms with Crippen LogP contribution in [0.4, 0.5) is 0 Å². The van der Waals surface area contributed by atoms with Crippen molar-refractivity contribution in [1.29, 1.82) is 0 Å². The SMILES string of the molecule is C1CC2CC(O2)S1. The lowest BCUT2D eigenvalue weighted by molar-refractivity contribution is -0.0810. The molecule has 2 bridgehead atoms. The predicted molar refractivity (Wildman–Crippen MR) is 30.4 cm³/mol. The number of hydrogen-bond acceptors (Lipinski definition) is 2. The highest BCUT2D eigenvalue weighted by molar-refractivity contribution is 7.99. The lowest BCUT2D eigenvalue weighted by atomic mass is 10.1. The maximum absolute atomic E-state index is 5.34. The molecule has 0 aromatic carbocycles. The van der Waals surface area contributed by atoms with Crippen LogP contribution in [-0.4, -0.2) is 17.3 Å². The maximum atomic E-state index is 5.34. The van der Waals surface area contributed by atoms with Crippen LogP contribution in [0, 0.1) is 0 Å². The molecule has 3 rings (SSSR count).